The summed E-state index contributed by atoms with van der Waals surface area (Å²) in [6, 6.07) is 9.61. The Bertz CT molecular complexity index is 768. The van der Waals surface area contributed by atoms with Crippen molar-refractivity contribution in [1.29, 1.82) is 0 Å². The van der Waals surface area contributed by atoms with Crippen LogP contribution in [0.3, 0.4) is 0 Å². The number of carbonyl (C=O) groups excluding carboxylic acids is 3. The molecule has 1 aromatic carbocycles. The lowest BCUT2D eigenvalue weighted by atomic mass is 10.1. The molecule has 2 rings (SSSR count). The minimum Gasteiger partial charge on any atom is -0.453 e. The van der Waals surface area contributed by atoms with E-state index in [-0.39, 0.29) is 24.2 Å². The van der Waals surface area contributed by atoms with Crippen LogP contribution in [-0.2, 0) is 9.53 Å². The minimum absolute atomic E-state index is 0.0717. The highest BCUT2D eigenvalue weighted by atomic mass is 35.5. The van der Waals surface area contributed by atoms with Crippen LogP contribution in [-0.4, -0.2) is 24.3 Å². The third-order valence-electron chi connectivity index (χ3n) is 3.19. The van der Waals surface area contributed by atoms with Crippen molar-refractivity contribution >= 4 is 46.3 Å². The van der Waals surface area contributed by atoms with E-state index in [9.17, 15) is 14.4 Å². The predicted molar refractivity (Wildman–Crippen MR) is 98.5 cm³/mol. The lowest BCUT2D eigenvalue weighted by molar-refractivity contribution is -0.116. The van der Waals surface area contributed by atoms with E-state index in [1.807, 2.05) is 13.8 Å². The average Bonchev–Trinajstić information content (AvgIpc) is 2.98. The van der Waals surface area contributed by atoms with E-state index < -0.39 is 5.97 Å². The molecule has 0 aliphatic heterocycles. The van der Waals surface area contributed by atoms with Gasteiger partial charge in [-0.1, -0.05) is 25.4 Å². The van der Waals surface area contributed by atoms with Crippen molar-refractivity contribution in [2.75, 3.05) is 11.9 Å². The number of rotatable bonds is 7. The fourth-order valence-corrected chi connectivity index (χ4v) is 2.97. The maximum atomic E-state index is 12.1. The van der Waals surface area contributed by atoms with E-state index >= 15 is 0 Å². The summed E-state index contributed by atoms with van der Waals surface area (Å²) < 4.78 is 5.47. The molecule has 0 fully saturated rings. The Balaban J connectivity index is 1.87. The molecule has 0 aliphatic carbocycles. The summed E-state index contributed by atoms with van der Waals surface area (Å²) in [5, 5.41) is 2.77. The van der Waals surface area contributed by atoms with Crippen LogP contribution in [0.1, 0.15) is 40.3 Å². The lowest BCUT2D eigenvalue weighted by Crippen LogP contribution is -2.15. The molecular weight excluding hydrogens is 362 g/mol. The number of carbonyl (C=O) groups is 3. The van der Waals surface area contributed by atoms with Crippen molar-refractivity contribution in [3.05, 3.63) is 51.2 Å². The second kappa shape index (κ2) is 8.78. The Morgan fingerprint density at radius 1 is 1.12 bits per heavy atom. The summed E-state index contributed by atoms with van der Waals surface area (Å²) >= 11 is 6.85. The number of benzene rings is 1. The van der Waals surface area contributed by atoms with E-state index in [4.69, 9.17) is 16.3 Å². The fourth-order valence-electron chi connectivity index (χ4n) is 2.03. The van der Waals surface area contributed by atoms with Gasteiger partial charge in [0.15, 0.2) is 12.4 Å². The number of ketones is 1. The van der Waals surface area contributed by atoms with E-state index in [0.29, 0.717) is 26.9 Å². The first-order valence-corrected chi connectivity index (χ1v) is 8.90. The molecule has 0 bridgehead atoms. The van der Waals surface area contributed by atoms with Crippen molar-refractivity contribution < 1.29 is 19.1 Å². The summed E-state index contributed by atoms with van der Waals surface area (Å²) in [6.45, 7) is 3.58. The van der Waals surface area contributed by atoms with Gasteiger partial charge in [0.05, 0.1) is 4.34 Å². The summed E-state index contributed by atoms with van der Waals surface area (Å²) in [5.41, 5.74) is 1.02. The molecule has 0 saturated heterocycles. The smallest absolute Gasteiger partial charge is 0.348 e. The van der Waals surface area contributed by atoms with Crippen LogP contribution in [0.25, 0.3) is 0 Å². The second-order valence-electron chi connectivity index (χ2n) is 5.83. The first kappa shape index (κ1) is 19.1. The normalized spacial score (nSPS) is 10.6. The third kappa shape index (κ3) is 5.99. The highest BCUT2D eigenvalue weighted by Crippen LogP contribution is 2.22. The standard InChI is InChI=1S/C18H18ClNO4S/c1-11(2)9-17(22)20-13-5-3-12(4-6-13)14(21)10-24-18(23)15-7-8-16(19)25-15/h3-8,11H,9-10H2,1-2H3,(H,20,22). The lowest BCUT2D eigenvalue weighted by Gasteiger charge is -2.08. The maximum absolute atomic E-state index is 12.1. The first-order chi connectivity index (χ1) is 11.8. The van der Waals surface area contributed by atoms with Crippen LogP contribution in [0.2, 0.25) is 4.34 Å². The molecule has 1 amide bonds. The summed E-state index contributed by atoms with van der Waals surface area (Å²) in [6.07, 6.45) is 0.434. The van der Waals surface area contributed by atoms with E-state index in [0.717, 1.165) is 11.3 Å². The number of nitrogens with one attached hydrogen (secondary N) is 1. The van der Waals surface area contributed by atoms with E-state index in [1.165, 1.54) is 0 Å². The number of esters is 1. The Morgan fingerprint density at radius 2 is 1.80 bits per heavy atom. The molecule has 7 heteroatoms. The Kier molecular flexibility index (Phi) is 6.73. The molecule has 5 nitrogen and oxygen atoms in total. The van der Waals surface area contributed by atoms with Crippen molar-refractivity contribution in [1.82, 2.24) is 0 Å². The van der Waals surface area contributed by atoms with Crippen LogP contribution in [0, 0.1) is 5.92 Å². The number of hydrogen-bond acceptors (Lipinski definition) is 5. The van der Waals surface area contributed by atoms with Gasteiger partial charge >= 0.3 is 5.97 Å². The number of anilines is 1. The molecular formula is C18H18ClNO4S. The van der Waals surface area contributed by atoms with Gasteiger partial charge in [-0.3, -0.25) is 9.59 Å². The Labute approximate surface area is 154 Å². The molecule has 0 unspecified atom stereocenters. The zero-order valence-corrected chi connectivity index (χ0v) is 15.4. The first-order valence-electron chi connectivity index (χ1n) is 7.70. The topological polar surface area (TPSA) is 72.5 Å². The molecule has 0 radical (unpaired) electrons. The number of halogens is 1. The predicted octanol–water partition coefficient (Wildman–Crippen LogP) is 4.43. The third-order valence-corrected chi connectivity index (χ3v) is 4.40. The molecule has 0 saturated carbocycles. The van der Waals surface area contributed by atoms with Gasteiger partial charge in [0.2, 0.25) is 5.91 Å². The van der Waals surface area contributed by atoms with Gasteiger partial charge in [0, 0.05) is 17.7 Å². The van der Waals surface area contributed by atoms with Gasteiger partial charge in [0.25, 0.3) is 0 Å². The van der Waals surface area contributed by atoms with Crippen LogP contribution in [0.5, 0.6) is 0 Å². The summed E-state index contributed by atoms with van der Waals surface area (Å²) in [5.74, 6) is -0.703. The van der Waals surface area contributed by atoms with Gasteiger partial charge in [0.1, 0.15) is 4.88 Å². The quantitative estimate of drug-likeness (QED) is 0.570. The SMILES string of the molecule is CC(C)CC(=O)Nc1ccc(C(=O)COC(=O)c2ccc(Cl)s2)cc1. The molecule has 0 spiro atoms. The van der Waals surface area contributed by atoms with Gasteiger partial charge in [-0.25, -0.2) is 4.79 Å². The van der Waals surface area contributed by atoms with E-state index in [1.54, 1.807) is 36.4 Å². The summed E-state index contributed by atoms with van der Waals surface area (Å²) in [4.78, 5) is 35.9. The zero-order valence-electron chi connectivity index (χ0n) is 13.9. The van der Waals surface area contributed by atoms with Gasteiger partial charge in [-0.05, 0) is 42.3 Å². The Morgan fingerprint density at radius 3 is 2.36 bits per heavy atom. The van der Waals surface area contributed by atoms with Crippen molar-refractivity contribution in [3.8, 4) is 0 Å². The molecule has 1 aromatic heterocycles. The van der Waals surface area contributed by atoms with Crippen molar-refractivity contribution in [2.45, 2.75) is 20.3 Å². The molecule has 132 valence electrons. The number of ether oxygens (including phenoxy) is 1. The fraction of sp³-hybridized carbons (Fsp3) is 0.278. The van der Waals surface area contributed by atoms with Crippen LogP contribution in [0.4, 0.5) is 5.69 Å². The molecule has 25 heavy (non-hydrogen) atoms. The minimum atomic E-state index is -0.581. The molecule has 1 heterocycles. The van der Waals surface area contributed by atoms with Crippen LogP contribution < -0.4 is 5.32 Å². The van der Waals surface area contributed by atoms with Gasteiger partial charge in [-0.2, -0.15) is 0 Å². The monoisotopic (exact) mass is 379 g/mol. The largest absolute Gasteiger partial charge is 0.453 e. The average molecular weight is 380 g/mol. The highest BCUT2D eigenvalue weighted by Gasteiger charge is 2.14. The van der Waals surface area contributed by atoms with Crippen LogP contribution >= 0.6 is 22.9 Å². The van der Waals surface area contributed by atoms with Gasteiger partial charge in [-0.15, -0.1) is 11.3 Å². The maximum Gasteiger partial charge on any atom is 0.348 e. The highest BCUT2D eigenvalue weighted by molar-refractivity contribution is 7.17. The molecule has 0 aliphatic rings. The molecule has 2 aromatic rings. The molecule has 0 atom stereocenters. The van der Waals surface area contributed by atoms with Crippen molar-refractivity contribution in [3.63, 3.8) is 0 Å². The number of thiophene rings is 1. The second-order valence-corrected chi connectivity index (χ2v) is 7.54. The van der Waals surface area contributed by atoms with E-state index in [2.05, 4.69) is 5.32 Å². The Hall–Kier alpha value is -2.18. The number of amides is 1. The van der Waals surface area contributed by atoms with Crippen LogP contribution in [0.15, 0.2) is 36.4 Å². The number of Topliss-reactive ketones (excluding diaryl/α,β-unsaturated/α-hetero) is 1. The molecule has 1 N–H and O–H groups in total. The van der Waals surface area contributed by atoms with Crippen molar-refractivity contribution in [2.24, 2.45) is 5.92 Å². The summed E-state index contributed by atoms with van der Waals surface area (Å²) in [7, 11) is 0. The zero-order chi connectivity index (χ0) is 18.4. The van der Waals surface area contributed by atoms with Gasteiger partial charge < -0.3 is 10.1 Å². The number of hydrogen-bond donors (Lipinski definition) is 1.